The predicted molar refractivity (Wildman–Crippen MR) is 92.4 cm³/mol. The van der Waals surface area contributed by atoms with Gasteiger partial charge >= 0.3 is 5.63 Å². The molecule has 0 amide bonds. The van der Waals surface area contributed by atoms with Crippen molar-refractivity contribution in [1.82, 2.24) is 0 Å². The van der Waals surface area contributed by atoms with E-state index in [1.165, 1.54) is 13.0 Å². The minimum absolute atomic E-state index is 0.0300. The second kappa shape index (κ2) is 6.51. The molecule has 0 saturated heterocycles. The Morgan fingerprint density at radius 2 is 1.88 bits per heavy atom. The first-order chi connectivity index (χ1) is 11.9. The molecule has 4 nitrogen and oxygen atoms in total. The Labute approximate surface area is 143 Å². The Morgan fingerprint density at radius 3 is 2.52 bits per heavy atom. The Hall–Kier alpha value is -2.95. The number of rotatable bonds is 4. The van der Waals surface area contributed by atoms with Gasteiger partial charge in [0.25, 0.3) is 0 Å². The molecule has 0 saturated carbocycles. The summed E-state index contributed by atoms with van der Waals surface area (Å²) in [6.45, 7) is 3.34. The van der Waals surface area contributed by atoms with E-state index in [-0.39, 0.29) is 34.5 Å². The number of carbonyl (C=O) groups excluding carboxylic acids is 1. The van der Waals surface area contributed by atoms with Crippen molar-refractivity contribution in [3.63, 3.8) is 0 Å². The van der Waals surface area contributed by atoms with Crippen molar-refractivity contribution in [2.45, 2.75) is 26.2 Å². The molecular formula is C20H17FO4. The van der Waals surface area contributed by atoms with Crippen LogP contribution in [-0.4, -0.2) is 10.9 Å². The van der Waals surface area contributed by atoms with E-state index < -0.39 is 17.4 Å². The molecule has 0 aliphatic rings. The normalized spacial score (nSPS) is 12.3. The van der Waals surface area contributed by atoms with Crippen LogP contribution in [0.5, 0.6) is 5.75 Å². The molecule has 3 rings (SSSR count). The van der Waals surface area contributed by atoms with Gasteiger partial charge in [0.05, 0.1) is 10.9 Å². The second-order valence-corrected chi connectivity index (χ2v) is 6.16. The van der Waals surface area contributed by atoms with Gasteiger partial charge in [-0.3, -0.25) is 4.79 Å². The van der Waals surface area contributed by atoms with Gasteiger partial charge in [-0.15, -0.1) is 0 Å². The number of ketones is 1. The van der Waals surface area contributed by atoms with Crippen molar-refractivity contribution >= 4 is 16.8 Å². The lowest BCUT2D eigenvalue weighted by atomic mass is 9.86. The number of benzene rings is 2. The number of aromatic hydroxyl groups is 1. The van der Waals surface area contributed by atoms with E-state index >= 15 is 0 Å². The van der Waals surface area contributed by atoms with Crippen LogP contribution in [0.3, 0.4) is 0 Å². The lowest BCUT2D eigenvalue weighted by molar-refractivity contribution is -0.117. The molecule has 128 valence electrons. The molecule has 1 aromatic heterocycles. The summed E-state index contributed by atoms with van der Waals surface area (Å²) in [7, 11) is 0. The van der Waals surface area contributed by atoms with Gasteiger partial charge < -0.3 is 9.52 Å². The van der Waals surface area contributed by atoms with Crippen LogP contribution in [0.1, 0.15) is 36.0 Å². The third-order valence-electron chi connectivity index (χ3n) is 4.19. The van der Waals surface area contributed by atoms with Crippen LogP contribution in [0, 0.1) is 12.7 Å². The zero-order valence-electron chi connectivity index (χ0n) is 13.9. The minimum Gasteiger partial charge on any atom is -0.507 e. The fourth-order valence-corrected chi connectivity index (χ4v) is 2.95. The standard InChI is InChI=1S/C20H17FO4/c1-11-3-5-13(6-4-11)15(9-12(2)22)18-19(23)16-10-14(21)7-8-17(16)25-20(18)24/h3-8,10,15,23H,9H2,1-2H3. The topological polar surface area (TPSA) is 67.5 Å². The maximum absolute atomic E-state index is 13.5. The highest BCUT2D eigenvalue weighted by molar-refractivity contribution is 5.85. The minimum atomic E-state index is -0.733. The number of halogens is 1. The molecule has 2 aromatic carbocycles. The smallest absolute Gasteiger partial charge is 0.343 e. The van der Waals surface area contributed by atoms with Gasteiger partial charge in [0.2, 0.25) is 0 Å². The maximum Gasteiger partial charge on any atom is 0.343 e. The van der Waals surface area contributed by atoms with Crippen molar-refractivity contribution in [3.8, 4) is 5.75 Å². The fraction of sp³-hybridized carbons (Fsp3) is 0.200. The first-order valence-electron chi connectivity index (χ1n) is 7.88. The zero-order chi connectivity index (χ0) is 18.1. The molecule has 0 bridgehead atoms. The summed E-state index contributed by atoms with van der Waals surface area (Å²) in [6, 6.07) is 10.9. The third kappa shape index (κ3) is 3.31. The molecule has 25 heavy (non-hydrogen) atoms. The van der Waals surface area contributed by atoms with Crippen LogP contribution in [0.15, 0.2) is 51.7 Å². The zero-order valence-corrected chi connectivity index (χ0v) is 13.9. The predicted octanol–water partition coefficient (Wildman–Crippen LogP) is 4.06. The van der Waals surface area contributed by atoms with Crippen molar-refractivity contribution in [2.75, 3.05) is 0 Å². The Balaban J connectivity index is 2.26. The number of hydrogen-bond acceptors (Lipinski definition) is 4. The first-order valence-corrected chi connectivity index (χ1v) is 7.88. The lowest BCUT2D eigenvalue weighted by Crippen LogP contribution is -2.16. The highest BCUT2D eigenvalue weighted by Gasteiger charge is 2.26. The summed E-state index contributed by atoms with van der Waals surface area (Å²) in [5.74, 6) is -1.70. The molecule has 0 radical (unpaired) electrons. The SMILES string of the molecule is CC(=O)CC(c1ccc(C)cc1)c1c(O)c2cc(F)ccc2oc1=O. The van der Waals surface area contributed by atoms with Gasteiger partial charge in [-0.1, -0.05) is 29.8 Å². The van der Waals surface area contributed by atoms with Crippen molar-refractivity contribution in [3.05, 3.63) is 75.4 Å². The molecule has 3 aromatic rings. The summed E-state index contributed by atoms with van der Waals surface area (Å²) in [5.41, 5.74) is 1.07. The summed E-state index contributed by atoms with van der Waals surface area (Å²) < 4.78 is 18.8. The van der Waals surface area contributed by atoms with Crippen molar-refractivity contribution in [1.29, 1.82) is 0 Å². The van der Waals surface area contributed by atoms with E-state index in [1.807, 2.05) is 19.1 Å². The van der Waals surface area contributed by atoms with Crippen LogP contribution in [0.4, 0.5) is 4.39 Å². The number of fused-ring (bicyclic) bond motifs is 1. The fourth-order valence-electron chi connectivity index (χ4n) is 2.95. The quantitative estimate of drug-likeness (QED) is 0.727. The number of Topliss-reactive ketones (excluding diaryl/α,β-unsaturated/α-hetero) is 1. The van der Waals surface area contributed by atoms with Crippen molar-refractivity contribution in [2.24, 2.45) is 0 Å². The molecule has 0 aliphatic carbocycles. The van der Waals surface area contributed by atoms with Gasteiger partial charge in [-0.05, 0) is 37.6 Å². The molecule has 0 spiro atoms. The highest BCUT2D eigenvalue weighted by Crippen LogP contribution is 2.36. The Bertz CT molecular complexity index is 1000. The van der Waals surface area contributed by atoms with E-state index in [0.717, 1.165) is 17.7 Å². The lowest BCUT2D eigenvalue weighted by Gasteiger charge is -2.17. The highest BCUT2D eigenvalue weighted by atomic mass is 19.1. The molecule has 0 fully saturated rings. The molecule has 1 heterocycles. The van der Waals surface area contributed by atoms with E-state index in [1.54, 1.807) is 12.1 Å². The number of hydrogen-bond donors (Lipinski definition) is 1. The Morgan fingerprint density at radius 1 is 1.20 bits per heavy atom. The summed E-state index contributed by atoms with van der Waals surface area (Å²) in [4.78, 5) is 24.2. The van der Waals surface area contributed by atoms with Gasteiger partial charge in [0.15, 0.2) is 0 Å². The Kier molecular flexibility index (Phi) is 4.40. The van der Waals surface area contributed by atoms with E-state index in [0.29, 0.717) is 5.56 Å². The van der Waals surface area contributed by atoms with E-state index in [4.69, 9.17) is 4.42 Å². The summed E-state index contributed by atoms with van der Waals surface area (Å²) >= 11 is 0. The van der Waals surface area contributed by atoms with Crippen molar-refractivity contribution < 1.29 is 18.7 Å². The van der Waals surface area contributed by atoms with E-state index in [2.05, 4.69) is 0 Å². The monoisotopic (exact) mass is 340 g/mol. The number of aryl methyl sites for hydroxylation is 1. The van der Waals surface area contributed by atoms with Crippen LogP contribution in [0.2, 0.25) is 0 Å². The summed E-state index contributed by atoms with van der Waals surface area (Å²) in [5, 5.41) is 10.7. The molecule has 1 unspecified atom stereocenters. The third-order valence-corrected chi connectivity index (χ3v) is 4.19. The van der Waals surface area contributed by atoms with Gasteiger partial charge in [-0.2, -0.15) is 0 Å². The molecule has 1 N–H and O–H groups in total. The largest absolute Gasteiger partial charge is 0.507 e. The van der Waals surface area contributed by atoms with Gasteiger partial charge in [-0.25, -0.2) is 9.18 Å². The van der Waals surface area contributed by atoms with Gasteiger partial charge in [0.1, 0.15) is 22.9 Å². The second-order valence-electron chi connectivity index (χ2n) is 6.16. The van der Waals surface area contributed by atoms with Crippen LogP contribution in [-0.2, 0) is 4.79 Å². The average molecular weight is 340 g/mol. The maximum atomic E-state index is 13.5. The number of carbonyl (C=O) groups is 1. The molecule has 1 atom stereocenters. The first kappa shape index (κ1) is 16.9. The van der Waals surface area contributed by atoms with Crippen LogP contribution < -0.4 is 5.63 Å². The van der Waals surface area contributed by atoms with Gasteiger partial charge in [0, 0.05) is 12.3 Å². The van der Waals surface area contributed by atoms with Crippen LogP contribution >= 0.6 is 0 Å². The molecule has 5 heteroatoms. The average Bonchev–Trinajstić information content (AvgIpc) is 2.55. The summed E-state index contributed by atoms with van der Waals surface area (Å²) in [6.07, 6.45) is 0.0300. The van der Waals surface area contributed by atoms with E-state index in [9.17, 15) is 19.1 Å². The van der Waals surface area contributed by atoms with Crippen LogP contribution in [0.25, 0.3) is 11.0 Å². The molecule has 0 aliphatic heterocycles. The molecular weight excluding hydrogens is 323 g/mol.